The van der Waals surface area contributed by atoms with Crippen LogP contribution in [0.3, 0.4) is 0 Å². The zero-order valence-electron chi connectivity index (χ0n) is 10.7. The van der Waals surface area contributed by atoms with Crippen molar-refractivity contribution >= 4 is 11.6 Å². The van der Waals surface area contributed by atoms with E-state index in [0.29, 0.717) is 10.6 Å². The Bertz CT molecular complexity index is 599. The zero-order valence-corrected chi connectivity index (χ0v) is 11.4. The van der Waals surface area contributed by atoms with Gasteiger partial charge in [-0.3, -0.25) is 0 Å². The summed E-state index contributed by atoms with van der Waals surface area (Å²) >= 11 is 6.09. The normalized spacial score (nSPS) is 12.5. The molecule has 1 nitrogen and oxygen atoms in total. The molecule has 2 aromatic rings. The molecular formula is C15H14ClF2N. The molecule has 2 rings (SSSR count). The van der Waals surface area contributed by atoms with E-state index in [9.17, 15) is 8.78 Å². The summed E-state index contributed by atoms with van der Waals surface area (Å²) < 4.78 is 26.8. The molecule has 1 atom stereocenters. The second kappa shape index (κ2) is 5.68. The molecule has 4 heteroatoms. The van der Waals surface area contributed by atoms with Crippen LogP contribution in [-0.2, 0) is 0 Å². The number of aryl methyl sites for hydroxylation is 1. The van der Waals surface area contributed by atoms with Crippen molar-refractivity contribution in [3.63, 3.8) is 0 Å². The van der Waals surface area contributed by atoms with Gasteiger partial charge in [0.2, 0.25) is 0 Å². The highest BCUT2D eigenvalue weighted by atomic mass is 35.5. The van der Waals surface area contributed by atoms with Crippen LogP contribution in [0.4, 0.5) is 8.78 Å². The quantitative estimate of drug-likeness (QED) is 0.887. The van der Waals surface area contributed by atoms with E-state index >= 15 is 0 Å². The van der Waals surface area contributed by atoms with E-state index in [1.165, 1.54) is 12.1 Å². The van der Waals surface area contributed by atoms with Gasteiger partial charge in [0.1, 0.15) is 11.6 Å². The topological polar surface area (TPSA) is 12.0 Å². The van der Waals surface area contributed by atoms with Gasteiger partial charge in [-0.15, -0.1) is 0 Å². The molecule has 1 N–H and O–H groups in total. The van der Waals surface area contributed by atoms with Gasteiger partial charge in [0.25, 0.3) is 0 Å². The number of benzene rings is 2. The van der Waals surface area contributed by atoms with Crippen LogP contribution in [0.2, 0.25) is 5.02 Å². The lowest BCUT2D eigenvalue weighted by Crippen LogP contribution is -2.19. The first-order valence-corrected chi connectivity index (χ1v) is 6.29. The standard InChI is InChI=1S/C15H14ClF2N/c1-9-3-4-10(7-13(9)16)15(19-2)12-6-5-11(17)8-14(12)18/h3-8,15,19H,1-2H3. The van der Waals surface area contributed by atoms with Crippen LogP contribution >= 0.6 is 11.6 Å². The molecule has 0 spiro atoms. The van der Waals surface area contributed by atoms with Crippen LogP contribution in [0.1, 0.15) is 22.7 Å². The molecule has 0 aliphatic heterocycles. The van der Waals surface area contributed by atoms with Crippen LogP contribution < -0.4 is 5.32 Å². The third-order valence-corrected chi connectivity index (χ3v) is 3.50. The van der Waals surface area contributed by atoms with Crippen molar-refractivity contribution < 1.29 is 8.78 Å². The average molecular weight is 282 g/mol. The van der Waals surface area contributed by atoms with E-state index in [0.717, 1.165) is 17.2 Å². The number of hydrogen-bond donors (Lipinski definition) is 1. The molecule has 0 aliphatic carbocycles. The van der Waals surface area contributed by atoms with Gasteiger partial charge in [-0.1, -0.05) is 29.8 Å². The second-order valence-corrected chi connectivity index (χ2v) is 4.80. The van der Waals surface area contributed by atoms with Crippen LogP contribution in [-0.4, -0.2) is 7.05 Å². The third-order valence-electron chi connectivity index (χ3n) is 3.09. The zero-order chi connectivity index (χ0) is 14.0. The molecule has 0 amide bonds. The lowest BCUT2D eigenvalue weighted by molar-refractivity contribution is 0.552. The fourth-order valence-electron chi connectivity index (χ4n) is 2.03. The van der Waals surface area contributed by atoms with Crippen molar-refractivity contribution in [3.8, 4) is 0 Å². The van der Waals surface area contributed by atoms with Crippen LogP contribution in [0.5, 0.6) is 0 Å². The van der Waals surface area contributed by atoms with Crippen LogP contribution in [0.25, 0.3) is 0 Å². The van der Waals surface area contributed by atoms with Gasteiger partial charge < -0.3 is 5.32 Å². The smallest absolute Gasteiger partial charge is 0.131 e. The number of nitrogens with one attached hydrogen (secondary N) is 1. The van der Waals surface area contributed by atoms with Crippen molar-refractivity contribution in [2.75, 3.05) is 7.05 Å². The maximum Gasteiger partial charge on any atom is 0.131 e. The predicted molar refractivity (Wildman–Crippen MR) is 73.4 cm³/mol. The molecule has 0 fully saturated rings. The maximum atomic E-state index is 13.8. The Balaban J connectivity index is 2.46. The molecular weight excluding hydrogens is 268 g/mol. The highest BCUT2D eigenvalue weighted by Gasteiger charge is 2.17. The summed E-state index contributed by atoms with van der Waals surface area (Å²) in [5, 5.41) is 3.65. The minimum absolute atomic E-state index is 0.362. The molecule has 1 unspecified atom stereocenters. The van der Waals surface area contributed by atoms with Crippen molar-refractivity contribution in [1.29, 1.82) is 0 Å². The Hall–Kier alpha value is -1.45. The van der Waals surface area contributed by atoms with Crippen molar-refractivity contribution in [2.45, 2.75) is 13.0 Å². The van der Waals surface area contributed by atoms with Gasteiger partial charge in [0.15, 0.2) is 0 Å². The summed E-state index contributed by atoms with van der Waals surface area (Å²) in [6.07, 6.45) is 0. The molecule has 0 aliphatic rings. The molecule has 19 heavy (non-hydrogen) atoms. The van der Waals surface area contributed by atoms with E-state index in [1.54, 1.807) is 13.1 Å². The number of halogens is 3. The first-order valence-electron chi connectivity index (χ1n) is 5.91. The van der Waals surface area contributed by atoms with E-state index in [2.05, 4.69) is 5.32 Å². The van der Waals surface area contributed by atoms with Gasteiger partial charge in [0.05, 0.1) is 6.04 Å². The van der Waals surface area contributed by atoms with Crippen LogP contribution in [0.15, 0.2) is 36.4 Å². The van der Waals surface area contributed by atoms with Gasteiger partial charge in [-0.05, 0) is 37.2 Å². The molecule has 0 radical (unpaired) electrons. The van der Waals surface area contributed by atoms with E-state index in [1.807, 2.05) is 19.1 Å². The third kappa shape index (κ3) is 2.94. The number of rotatable bonds is 3. The molecule has 2 aromatic carbocycles. The fourth-order valence-corrected chi connectivity index (χ4v) is 2.21. The summed E-state index contributed by atoms with van der Waals surface area (Å²) in [5.41, 5.74) is 2.19. The van der Waals surface area contributed by atoms with Gasteiger partial charge in [-0.25, -0.2) is 8.78 Å². The highest BCUT2D eigenvalue weighted by molar-refractivity contribution is 6.31. The fraction of sp³-hybridized carbons (Fsp3) is 0.200. The monoisotopic (exact) mass is 281 g/mol. The SMILES string of the molecule is CNC(c1ccc(C)c(Cl)c1)c1ccc(F)cc1F. The first-order chi connectivity index (χ1) is 9.02. The maximum absolute atomic E-state index is 13.8. The number of hydrogen-bond acceptors (Lipinski definition) is 1. The van der Waals surface area contributed by atoms with Crippen LogP contribution in [0, 0.1) is 18.6 Å². The molecule has 100 valence electrons. The van der Waals surface area contributed by atoms with E-state index in [4.69, 9.17) is 11.6 Å². The van der Waals surface area contributed by atoms with Gasteiger partial charge in [0, 0.05) is 16.7 Å². The molecule has 0 saturated heterocycles. The molecule has 0 aromatic heterocycles. The lowest BCUT2D eigenvalue weighted by Gasteiger charge is -2.18. The highest BCUT2D eigenvalue weighted by Crippen LogP contribution is 2.27. The Morgan fingerprint density at radius 3 is 2.42 bits per heavy atom. The average Bonchev–Trinajstić information content (AvgIpc) is 2.37. The van der Waals surface area contributed by atoms with Crippen molar-refractivity contribution in [3.05, 3.63) is 69.7 Å². The summed E-state index contributed by atoms with van der Waals surface area (Å²) in [4.78, 5) is 0. The molecule has 0 bridgehead atoms. The second-order valence-electron chi connectivity index (χ2n) is 4.40. The van der Waals surface area contributed by atoms with Gasteiger partial charge in [-0.2, -0.15) is 0 Å². The first kappa shape index (κ1) is 14.0. The molecule has 0 heterocycles. The Labute approximate surface area is 116 Å². The summed E-state index contributed by atoms with van der Waals surface area (Å²) in [7, 11) is 1.72. The van der Waals surface area contributed by atoms with E-state index in [-0.39, 0.29) is 6.04 Å². The summed E-state index contributed by atoms with van der Waals surface area (Å²) in [6.45, 7) is 1.90. The molecule has 0 saturated carbocycles. The lowest BCUT2D eigenvalue weighted by atomic mass is 9.97. The Morgan fingerprint density at radius 2 is 1.84 bits per heavy atom. The minimum Gasteiger partial charge on any atom is -0.309 e. The van der Waals surface area contributed by atoms with E-state index < -0.39 is 11.6 Å². The summed E-state index contributed by atoms with van der Waals surface area (Å²) in [5.74, 6) is -1.16. The Kier molecular flexibility index (Phi) is 4.17. The summed E-state index contributed by atoms with van der Waals surface area (Å²) in [6, 6.07) is 8.77. The predicted octanol–water partition coefficient (Wildman–Crippen LogP) is 4.24. The minimum atomic E-state index is -0.585. The van der Waals surface area contributed by atoms with Gasteiger partial charge >= 0.3 is 0 Å². The largest absolute Gasteiger partial charge is 0.309 e. The van der Waals surface area contributed by atoms with Crippen molar-refractivity contribution in [2.24, 2.45) is 0 Å². The van der Waals surface area contributed by atoms with Crippen molar-refractivity contribution in [1.82, 2.24) is 5.32 Å². The Morgan fingerprint density at radius 1 is 1.11 bits per heavy atom.